The predicted octanol–water partition coefficient (Wildman–Crippen LogP) is -1.62. The largest absolute Gasteiger partial charge is 0.394 e. The Bertz CT molecular complexity index is 572. The Morgan fingerprint density at radius 2 is 2.14 bits per heavy atom. The summed E-state index contributed by atoms with van der Waals surface area (Å²) >= 11 is 0. The van der Waals surface area contributed by atoms with Gasteiger partial charge in [0.2, 0.25) is 0 Å². The first-order valence-electron chi connectivity index (χ1n) is 6.70. The van der Waals surface area contributed by atoms with E-state index in [2.05, 4.69) is 4.98 Å². The Hall–Kier alpha value is -1.61. The molecular formula is C13H18N2O6. The van der Waals surface area contributed by atoms with Crippen LogP contribution in [0.25, 0.3) is 0 Å². The highest BCUT2D eigenvalue weighted by Crippen LogP contribution is 2.27. The van der Waals surface area contributed by atoms with Gasteiger partial charge in [0.15, 0.2) is 6.23 Å². The number of Topliss-reactive ketones (excluding diaryl/α,β-unsaturated/α-hetero) is 1. The molecule has 1 fully saturated rings. The molecule has 1 aliphatic heterocycles. The maximum absolute atomic E-state index is 11.9. The second-order valence-corrected chi connectivity index (χ2v) is 4.91. The number of aromatic nitrogens is 2. The van der Waals surface area contributed by atoms with Gasteiger partial charge < -0.3 is 20.1 Å². The van der Waals surface area contributed by atoms with Crippen molar-refractivity contribution in [2.45, 2.75) is 44.3 Å². The van der Waals surface area contributed by atoms with Gasteiger partial charge in [-0.1, -0.05) is 6.92 Å². The Kier molecular flexibility index (Phi) is 4.84. The van der Waals surface area contributed by atoms with E-state index in [4.69, 9.17) is 9.84 Å². The third-order valence-electron chi connectivity index (χ3n) is 3.45. The second-order valence-electron chi connectivity index (χ2n) is 4.91. The monoisotopic (exact) mass is 298 g/mol. The first-order chi connectivity index (χ1) is 9.97. The SMILES string of the molecule is CCC(=O)Cc1ccn([C@@H]2O[C@H](CO)[C@@H](O)[C@@H]2O)c(=O)n1. The third-order valence-corrected chi connectivity index (χ3v) is 3.45. The molecule has 0 spiro atoms. The van der Waals surface area contributed by atoms with E-state index >= 15 is 0 Å². The highest BCUT2D eigenvalue weighted by Gasteiger charge is 2.43. The summed E-state index contributed by atoms with van der Waals surface area (Å²) in [6.45, 7) is 1.25. The number of carbonyl (C=O) groups is 1. The van der Waals surface area contributed by atoms with Crippen molar-refractivity contribution < 1.29 is 24.9 Å². The van der Waals surface area contributed by atoms with Gasteiger partial charge in [-0.05, 0) is 6.07 Å². The number of rotatable bonds is 5. The van der Waals surface area contributed by atoms with E-state index in [9.17, 15) is 19.8 Å². The fourth-order valence-corrected chi connectivity index (χ4v) is 2.18. The lowest BCUT2D eigenvalue weighted by atomic mass is 10.1. The Morgan fingerprint density at radius 1 is 1.43 bits per heavy atom. The topological polar surface area (TPSA) is 122 Å². The molecule has 0 bridgehead atoms. The molecule has 116 valence electrons. The number of aliphatic hydroxyl groups excluding tert-OH is 3. The highest BCUT2D eigenvalue weighted by atomic mass is 16.6. The first kappa shape index (κ1) is 15.8. The molecular weight excluding hydrogens is 280 g/mol. The molecule has 3 N–H and O–H groups in total. The van der Waals surface area contributed by atoms with Crippen LogP contribution in [-0.2, 0) is 16.0 Å². The summed E-state index contributed by atoms with van der Waals surface area (Å²) in [5, 5.41) is 28.6. The molecule has 0 aromatic carbocycles. The van der Waals surface area contributed by atoms with Crippen molar-refractivity contribution >= 4 is 5.78 Å². The molecule has 4 atom stereocenters. The normalized spacial score (nSPS) is 28.8. The molecule has 0 saturated carbocycles. The minimum absolute atomic E-state index is 0.0347. The van der Waals surface area contributed by atoms with E-state index in [0.29, 0.717) is 12.1 Å². The quantitative estimate of drug-likeness (QED) is 0.597. The van der Waals surface area contributed by atoms with E-state index in [0.717, 1.165) is 4.57 Å². The summed E-state index contributed by atoms with van der Waals surface area (Å²) in [6.07, 6.45) is -2.92. The van der Waals surface area contributed by atoms with Crippen LogP contribution < -0.4 is 5.69 Å². The van der Waals surface area contributed by atoms with Crippen LogP contribution in [0.5, 0.6) is 0 Å². The molecule has 1 aliphatic rings. The van der Waals surface area contributed by atoms with Gasteiger partial charge in [-0.25, -0.2) is 4.79 Å². The average molecular weight is 298 g/mol. The van der Waals surface area contributed by atoms with Crippen LogP contribution >= 0.6 is 0 Å². The van der Waals surface area contributed by atoms with Crippen LogP contribution in [0.2, 0.25) is 0 Å². The lowest BCUT2D eigenvalue weighted by Crippen LogP contribution is -2.36. The number of ether oxygens (including phenoxy) is 1. The van der Waals surface area contributed by atoms with E-state index < -0.39 is 36.8 Å². The van der Waals surface area contributed by atoms with Crippen LogP contribution in [0.4, 0.5) is 0 Å². The van der Waals surface area contributed by atoms with Crippen molar-refractivity contribution in [2.75, 3.05) is 6.61 Å². The first-order valence-corrected chi connectivity index (χ1v) is 6.70. The van der Waals surface area contributed by atoms with E-state index in [1.54, 1.807) is 6.92 Å². The minimum Gasteiger partial charge on any atom is -0.394 e. The average Bonchev–Trinajstić information content (AvgIpc) is 2.75. The summed E-state index contributed by atoms with van der Waals surface area (Å²) in [5.74, 6) is -0.0347. The molecule has 0 amide bonds. The van der Waals surface area contributed by atoms with Crippen molar-refractivity contribution in [1.29, 1.82) is 0 Å². The molecule has 1 saturated heterocycles. The van der Waals surface area contributed by atoms with E-state index in [1.165, 1.54) is 12.3 Å². The molecule has 2 rings (SSSR count). The molecule has 1 aromatic heterocycles. The zero-order valence-corrected chi connectivity index (χ0v) is 11.5. The van der Waals surface area contributed by atoms with Crippen LogP contribution in [0, 0.1) is 0 Å². The lowest BCUT2D eigenvalue weighted by Gasteiger charge is -2.17. The summed E-state index contributed by atoms with van der Waals surface area (Å²) in [7, 11) is 0. The van der Waals surface area contributed by atoms with Crippen LogP contribution in [0.1, 0.15) is 25.3 Å². The van der Waals surface area contributed by atoms with Crippen LogP contribution in [-0.4, -0.2) is 55.6 Å². The molecule has 1 aromatic rings. The van der Waals surface area contributed by atoms with Gasteiger partial charge in [0, 0.05) is 19.0 Å². The van der Waals surface area contributed by atoms with Gasteiger partial charge >= 0.3 is 5.69 Å². The number of hydrogen-bond donors (Lipinski definition) is 3. The van der Waals surface area contributed by atoms with Gasteiger partial charge in [-0.3, -0.25) is 9.36 Å². The fraction of sp³-hybridized carbons (Fsp3) is 0.615. The molecule has 8 heteroatoms. The standard InChI is InChI=1S/C13H18N2O6/c1-2-8(17)5-7-3-4-15(13(20)14-7)12-11(19)10(18)9(6-16)21-12/h3-4,9-12,16,18-19H,2,5-6H2,1H3/t9-,10-,11+,12-/m1/s1. The van der Waals surface area contributed by atoms with Gasteiger partial charge in [0.1, 0.15) is 24.1 Å². The Labute approximate surface area is 120 Å². The molecule has 2 heterocycles. The highest BCUT2D eigenvalue weighted by molar-refractivity contribution is 5.80. The van der Waals surface area contributed by atoms with Crippen LogP contribution in [0.3, 0.4) is 0 Å². The summed E-state index contributed by atoms with van der Waals surface area (Å²) < 4.78 is 6.28. The molecule has 0 aliphatic carbocycles. The predicted molar refractivity (Wildman–Crippen MR) is 70.5 cm³/mol. The number of ketones is 1. The lowest BCUT2D eigenvalue weighted by molar-refractivity contribution is -0.118. The van der Waals surface area contributed by atoms with Gasteiger partial charge in [0.25, 0.3) is 0 Å². The van der Waals surface area contributed by atoms with Gasteiger partial charge in [-0.2, -0.15) is 4.98 Å². The summed E-state index contributed by atoms with van der Waals surface area (Å²) in [4.78, 5) is 27.1. The zero-order chi connectivity index (χ0) is 15.6. The van der Waals surface area contributed by atoms with Gasteiger partial charge in [-0.15, -0.1) is 0 Å². The smallest absolute Gasteiger partial charge is 0.350 e. The molecule has 0 radical (unpaired) electrons. The Balaban J connectivity index is 2.22. The van der Waals surface area contributed by atoms with Gasteiger partial charge in [0.05, 0.1) is 12.3 Å². The number of hydrogen-bond acceptors (Lipinski definition) is 7. The van der Waals surface area contributed by atoms with E-state index in [-0.39, 0.29) is 12.2 Å². The number of aliphatic hydroxyl groups is 3. The van der Waals surface area contributed by atoms with E-state index in [1.807, 2.05) is 0 Å². The number of carbonyl (C=O) groups excluding carboxylic acids is 1. The molecule has 0 unspecified atom stereocenters. The minimum atomic E-state index is -1.34. The number of nitrogens with zero attached hydrogens (tertiary/aromatic N) is 2. The summed E-state index contributed by atoms with van der Waals surface area (Å²) in [5.41, 5.74) is -0.346. The molecule has 21 heavy (non-hydrogen) atoms. The second kappa shape index (κ2) is 6.44. The third kappa shape index (κ3) is 3.18. The fourth-order valence-electron chi connectivity index (χ4n) is 2.18. The zero-order valence-electron chi connectivity index (χ0n) is 11.5. The van der Waals surface area contributed by atoms with Crippen molar-refractivity contribution in [3.63, 3.8) is 0 Å². The van der Waals surface area contributed by atoms with Crippen LogP contribution in [0.15, 0.2) is 17.1 Å². The Morgan fingerprint density at radius 3 is 2.67 bits per heavy atom. The molecule has 8 nitrogen and oxygen atoms in total. The van der Waals surface area contributed by atoms with Crippen molar-refractivity contribution in [2.24, 2.45) is 0 Å². The maximum atomic E-state index is 11.9. The van der Waals surface area contributed by atoms with Crippen molar-refractivity contribution in [3.05, 3.63) is 28.4 Å². The maximum Gasteiger partial charge on any atom is 0.350 e. The summed E-state index contributed by atoms with van der Waals surface area (Å²) in [6, 6.07) is 1.49. The van der Waals surface area contributed by atoms with Crippen molar-refractivity contribution in [3.8, 4) is 0 Å². The van der Waals surface area contributed by atoms with Crippen molar-refractivity contribution in [1.82, 2.24) is 9.55 Å².